The maximum Gasteiger partial charge on any atom is 0.245 e. The second kappa shape index (κ2) is 5.75. The van der Waals surface area contributed by atoms with Crippen molar-refractivity contribution in [3.63, 3.8) is 0 Å². The molecule has 6 heteroatoms. The zero-order valence-electron chi connectivity index (χ0n) is 11.7. The largest absolute Gasteiger partial charge is 0.339 e. The maximum absolute atomic E-state index is 13.1. The molecule has 5 nitrogen and oxygen atoms in total. The average molecular weight is 277 g/mol. The highest BCUT2D eigenvalue weighted by Gasteiger charge is 2.21. The van der Waals surface area contributed by atoms with Crippen LogP contribution in [0.3, 0.4) is 0 Å². The SMILES string of the molecule is CCNCC1CCN(c2nc3ccc(F)cn3n2)CC1. The van der Waals surface area contributed by atoms with Crippen molar-refractivity contribution in [3.05, 3.63) is 24.1 Å². The number of halogens is 1. The third kappa shape index (κ3) is 2.75. The highest BCUT2D eigenvalue weighted by atomic mass is 19.1. The fourth-order valence-corrected chi connectivity index (χ4v) is 2.67. The van der Waals surface area contributed by atoms with Gasteiger partial charge in [0.2, 0.25) is 5.95 Å². The zero-order valence-corrected chi connectivity index (χ0v) is 11.7. The van der Waals surface area contributed by atoms with Crippen molar-refractivity contribution in [1.29, 1.82) is 0 Å². The first-order chi connectivity index (χ1) is 9.76. The molecular formula is C14H20FN5. The molecule has 1 aliphatic rings. The Labute approximate surface area is 117 Å². The highest BCUT2D eigenvalue weighted by molar-refractivity contribution is 5.44. The molecular weight excluding hydrogens is 257 g/mol. The Kier molecular flexibility index (Phi) is 3.82. The van der Waals surface area contributed by atoms with Crippen LogP contribution in [0.4, 0.5) is 10.3 Å². The van der Waals surface area contributed by atoms with Gasteiger partial charge < -0.3 is 10.2 Å². The van der Waals surface area contributed by atoms with Gasteiger partial charge in [-0.05, 0) is 44.0 Å². The molecule has 0 aromatic carbocycles. The molecule has 0 unspecified atom stereocenters. The van der Waals surface area contributed by atoms with Crippen molar-refractivity contribution in [2.24, 2.45) is 5.92 Å². The van der Waals surface area contributed by atoms with Crippen LogP contribution in [-0.2, 0) is 0 Å². The van der Waals surface area contributed by atoms with Crippen molar-refractivity contribution in [2.45, 2.75) is 19.8 Å². The van der Waals surface area contributed by atoms with E-state index in [2.05, 4.69) is 27.2 Å². The van der Waals surface area contributed by atoms with Crippen LogP contribution in [0.15, 0.2) is 18.3 Å². The van der Waals surface area contributed by atoms with E-state index in [1.54, 1.807) is 6.07 Å². The minimum Gasteiger partial charge on any atom is -0.339 e. The summed E-state index contributed by atoms with van der Waals surface area (Å²) in [6, 6.07) is 3.07. The van der Waals surface area contributed by atoms with Gasteiger partial charge in [-0.2, -0.15) is 4.98 Å². The van der Waals surface area contributed by atoms with E-state index in [0.29, 0.717) is 11.6 Å². The molecule has 1 aliphatic heterocycles. The van der Waals surface area contributed by atoms with Gasteiger partial charge in [-0.25, -0.2) is 8.91 Å². The first kappa shape index (κ1) is 13.3. The molecule has 3 heterocycles. The molecule has 0 saturated carbocycles. The molecule has 0 atom stereocenters. The molecule has 0 spiro atoms. The second-order valence-electron chi connectivity index (χ2n) is 5.30. The van der Waals surface area contributed by atoms with Crippen molar-refractivity contribution in [2.75, 3.05) is 31.1 Å². The van der Waals surface area contributed by atoms with E-state index in [9.17, 15) is 4.39 Å². The topological polar surface area (TPSA) is 45.5 Å². The van der Waals surface area contributed by atoms with Crippen LogP contribution in [0.25, 0.3) is 5.65 Å². The summed E-state index contributed by atoms with van der Waals surface area (Å²) in [5.74, 6) is 1.15. The minimum absolute atomic E-state index is 0.293. The van der Waals surface area contributed by atoms with E-state index in [-0.39, 0.29) is 5.82 Å². The molecule has 0 aliphatic carbocycles. The van der Waals surface area contributed by atoms with E-state index < -0.39 is 0 Å². The number of piperidine rings is 1. The molecule has 1 N–H and O–H groups in total. The van der Waals surface area contributed by atoms with E-state index in [0.717, 1.165) is 44.9 Å². The van der Waals surface area contributed by atoms with Gasteiger partial charge in [0.25, 0.3) is 0 Å². The van der Waals surface area contributed by atoms with Gasteiger partial charge in [0.05, 0.1) is 6.20 Å². The molecule has 20 heavy (non-hydrogen) atoms. The van der Waals surface area contributed by atoms with E-state index >= 15 is 0 Å². The molecule has 0 amide bonds. The average Bonchev–Trinajstić information content (AvgIpc) is 2.88. The van der Waals surface area contributed by atoms with Gasteiger partial charge in [-0.15, -0.1) is 5.10 Å². The molecule has 0 radical (unpaired) electrons. The molecule has 0 bridgehead atoms. The first-order valence-corrected chi connectivity index (χ1v) is 7.24. The summed E-state index contributed by atoms with van der Waals surface area (Å²) in [5, 5.41) is 7.77. The predicted molar refractivity (Wildman–Crippen MR) is 76.4 cm³/mol. The number of nitrogens with one attached hydrogen (secondary N) is 1. The van der Waals surface area contributed by atoms with Crippen LogP contribution in [0.2, 0.25) is 0 Å². The number of pyridine rings is 1. The molecule has 2 aromatic heterocycles. The lowest BCUT2D eigenvalue weighted by atomic mass is 9.97. The summed E-state index contributed by atoms with van der Waals surface area (Å²) >= 11 is 0. The Morgan fingerprint density at radius 2 is 2.15 bits per heavy atom. The number of hydrogen-bond donors (Lipinski definition) is 1. The van der Waals surface area contributed by atoms with Crippen molar-refractivity contribution >= 4 is 11.6 Å². The number of hydrogen-bond acceptors (Lipinski definition) is 4. The highest BCUT2D eigenvalue weighted by Crippen LogP contribution is 2.21. The summed E-state index contributed by atoms with van der Waals surface area (Å²) in [5.41, 5.74) is 0.691. The number of aromatic nitrogens is 3. The fourth-order valence-electron chi connectivity index (χ4n) is 2.67. The summed E-state index contributed by atoms with van der Waals surface area (Å²) in [7, 11) is 0. The van der Waals surface area contributed by atoms with Gasteiger partial charge in [0.1, 0.15) is 5.82 Å². The van der Waals surface area contributed by atoms with Crippen LogP contribution in [-0.4, -0.2) is 40.8 Å². The summed E-state index contributed by atoms with van der Waals surface area (Å²) in [6.45, 7) is 6.19. The second-order valence-corrected chi connectivity index (χ2v) is 5.30. The maximum atomic E-state index is 13.1. The zero-order chi connectivity index (χ0) is 13.9. The van der Waals surface area contributed by atoms with Crippen LogP contribution >= 0.6 is 0 Å². The Hall–Kier alpha value is -1.69. The first-order valence-electron chi connectivity index (χ1n) is 7.24. The summed E-state index contributed by atoms with van der Waals surface area (Å²) in [6.07, 6.45) is 3.66. The predicted octanol–water partition coefficient (Wildman–Crippen LogP) is 1.69. The smallest absolute Gasteiger partial charge is 0.245 e. The number of anilines is 1. The van der Waals surface area contributed by atoms with Gasteiger partial charge >= 0.3 is 0 Å². The lowest BCUT2D eigenvalue weighted by molar-refractivity contribution is 0.384. The Bertz CT molecular complexity index is 574. The van der Waals surface area contributed by atoms with Crippen LogP contribution in [0.1, 0.15) is 19.8 Å². The Balaban J connectivity index is 1.67. The monoisotopic (exact) mass is 277 g/mol. The normalized spacial score (nSPS) is 17.0. The minimum atomic E-state index is -0.293. The lowest BCUT2D eigenvalue weighted by Gasteiger charge is -2.31. The molecule has 108 valence electrons. The van der Waals surface area contributed by atoms with Gasteiger partial charge in [0, 0.05) is 13.1 Å². The fraction of sp³-hybridized carbons (Fsp3) is 0.571. The summed E-state index contributed by atoms with van der Waals surface area (Å²) < 4.78 is 14.7. The van der Waals surface area contributed by atoms with Crippen molar-refractivity contribution in [1.82, 2.24) is 19.9 Å². The van der Waals surface area contributed by atoms with E-state index in [1.165, 1.54) is 16.8 Å². The van der Waals surface area contributed by atoms with Crippen molar-refractivity contribution in [3.8, 4) is 0 Å². The third-order valence-corrected chi connectivity index (χ3v) is 3.86. The standard InChI is InChI=1S/C14H20FN5/c1-2-16-9-11-5-7-19(8-6-11)14-17-13-4-3-12(15)10-20(13)18-14/h3-4,10-11,16H,2,5-9H2,1H3. The third-order valence-electron chi connectivity index (χ3n) is 3.86. The number of nitrogens with zero attached hydrogens (tertiary/aromatic N) is 4. The Morgan fingerprint density at radius 3 is 2.90 bits per heavy atom. The quantitative estimate of drug-likeness (QED) is 0.924. The van der Waals surface area contributed by atoms with Crippen LogP contribution in [0, 0.1) is 11.7 Å². The van der Waals surface area contributed by atoms with Gasteiger partial charge in [0.15, 0.2) is 5.65 Å². The molecule has 3 rings (SSSR count). The van der Waals surface area contributed by atoms with E-state index in [4.69, 9.17) is 0 Å². The lowest BCUT2D eigenvalue weighted by Crippen LogP contribution is -2.37. The Morgan fingerprint density at radius 1 is 1.35 bits per heavy atom. The molecule has 1 saturated heterocycles. The van der Waals surface area contributed by atoms with E-state index in [1.807, 2.05) is 0 Å². The molecule has 2 aromatic rings. The van der Waals surface area contributed by atoms with Crippen LogP contribution in [0.5, 0.6) is 0 Å². The number of rotatable bonds is 4. The summed E-state index contributed by atoms with van der Waals surface area (Å²) in [4.78, 5) is 6.65. The van der Waals surface area contributed by atoms with Crippen LogP contribution < -0.4 is 10.2 Å². The molecule has 1 fully saturated rings. The van der Waals surface area contributed by atoms with Crippen molar-refractivity contribution < 1.29 is 4.39 Å². The van der Waals surface area contributed by atoms with Gasteiger partial charge in [-0.1, -0.05) is 6.92 Å². The number of fused-ring (bicyclic) bond motifs is 1. The van der Waals surface area contributed by atoms with Gasteiger partial charge in [-0.3, -0.25) is 0 Å².